The molecule has 13 heteroatoms. The van der Waals surface area contributed by atoms with Gasteiger partial charge in [0, 0.05) is 37.6 Å². The average molecular weight is 509 g/mol. The van der Waals surface area contributed by atoms with Gasteiger partial charge in [0.25, 0.3) is 0 Å². The zero-order chi connectivity index (χ0) is 26.8. The second-order valence-electron chi connectivity index (χ2n) is 8.75. The van der Waals surface area contributed by atoms with E-state index in [1.165, 1.54) is 41.8 Å². The van der Waals surface area contributed by atoms with E-state index in [0.29, 0.717) is 6.54 Å². The van der Waals surface area contributed by atoms with E-state index in [1.807, 2.05) is 0 Å². The minimum atomic E-state index is -1.82. The van der Waals surface area contributed by atoms with Crippen LogP contribution in [0.5, 0.6) is 0 Å². The highest BCUT2D eigenvalue weighted by Gasteiger charge is 2.26. The van der Waals surface area contributed by atoms with Crippen molar-refractivity contribution >= 4 is 35.5 Å². The molecule has 2 heterocycles. The topological polar surface area (TPSA) is 198 Å². The van der Waals surface area contributed by atoms with Gasteiger partial charge in [-0.3, -0.25) is 14.7 Å². The fraction of sp³-hybridized carbons (Fsp3) is 0.565. The summed E-state index contributed by atoms with van der Waals surface area (Å²) in [4.78, 5) is 58.6. The number of likely N-dealkylation sites (N-methyl/N-ethyl adjacent to an activating group) is 1. The van der Waals surface area contributed by atoms with Crippen LogP contribution in [0, 0.1) is 0 Å². The van der Waals surface area contributed by atoms with E-state index in [1.54, 1.807) is 0 Å². The van der Waals surface area contributed by atoms with E-state index in [2.05, 4.69) is 22.2 Å². The Kier molecular flexibility index (Phi) is 10.7. The Balaban J connectivity index is 0.000000319. The van der Waals surface area contributed by atoms with Crippen molar-refractivity contribution < 1.29 is 44.4 Å². The number of hydrogen-bond donors (Lipinski definition) is 5. The molecule has 3 aliphatic rings. The Morgan fingerprint density at radius 2 is 1.17 bits per heavy atom. The van der Waals surface area contributed by atoms with Crippen molar-refractivity contribution in [2.24, 2.45) is 0 Å². The quantitative estimate of drug-likeness (QED) is 0.342. The number of carbonyl (C=O) groups is 5. The summed E-state index contributed by atoms with van der Waals surface area (Å²) in [7, 11) is 2.14. The molecule has 0 saturated carbocycles. The zero-order valence-electron chi connectivity index (χ0n) is 20.2. The summed E-state index contributed by atoms with van der Waals surface area (Å²) in [5.41, 5.74) is 6.27. The third kappa shape index (κ3) is 8.57. The number of aliphatic carboxylic acids is 4. The lowest BCUT2D eigenvalue weighted by Gasteiger charge is -2.32. The molecule has 1 saturated heterocycles. The lowest BCUT2D eigenvalue weighted by molar-refractivity contribution is -0.159. The standard InChI is InChI=1S/C19H28N4O.2C2H2O4/c1-22-9-11-23(12-10-22)13-18(24)21-19-14-5-2-3-7-16(14)20-17-8-4-6-15(17)19;2*3-1(4)2(5)6/h2-13H2,1H3,(H,20,21,24);2*(H,3,4)(H,5,6). The SMILES string of the molecule is CN1CCN(CC(=O)Nc2c3c(nc4c2CCC4)CCCC3)CC1.O=C(O)C(=O)O.O=C(O)C(=O)O. The number of aryl methyl sites for hydroxylation is 2. The molecule has 0 unspecified atom stereocenters. The normalized spacial score (nSPS) is 16.7. The highest BCUT2D eigenvalue weighted by Crippen LogP contribution is 2.35. The molecule has 5 N–H and O–H groups in total. The Labute approximate surface area is 207 Å². The molecule has 1 amide bonds. The maximum absolute atomic E-state index is 12.7. The first-order valence-corrected chi connectivity index (χ1v) is 11.7. The molecule has 2 aliphatic carbocycles. The van der Waals surface area contributed by atoms with Crippen LogP contribution in [0.1, 0.15) is 41.8 Å². The first-order valence-electron chi connectivity index (χ1n) is 11.7. The number of nitrogens with zero attached hydrogens (tertiary/aromatic N) is 3. The van der Waals surface area contributed by atoms with Gasteiger partial charge in [0.05, 0.1) is 12.2 Å². The van der Waals surface area contributed by atoms with Crippen molar-refractivity contribution in [3.8, 4) is 0 Å². The van der Waals surface area contributed by atoms with Crippen molar-refractivity contribution in [1.29, 1.82) is 0 Å². The van der Waals surface area contributed by atoms with Gasteiger partial charge in [-0.1, -0.05) is 0 Å². The van der Waals surface area contributed by atoms with E-state index in [0.717, 1.165) is 57.5 Å². The van der Waals surface area contributed by atoms with E-state index in [9.17, 15) is 4.79 Å². The zero-order valence-corrected chi connectivity index (χ0v) is 20.2. The molecule has 0 radical (unpaired) electrons. The van der Waals surface area contributed by atoms with Gasteiger partial charge >= 0.3 is 23.9 Å². The van der Waals surface area contributed by atoms with Gasteiger partial charge in [0.15, 0.2) is 0 Å². The van der Waals surface area contributed by atoms with Crippen LogP contribution in [0.2, 0.25) is 0 Å². The molecule has 13 nitrogen and oxygen atoms in total. The number of rotatable bonds is 3. The molecular formula is C23H32N4O9. The van der Waals surface area contributed by atoms with Crippen LogP contribution in [0.25, 0.3) is 0 Å². The summed E-state index contributed by atoms with van der Waals surface area (Å²) in [5.74, 6) is -7.15. The van der Waals surface area contributed by atoms with Gasteiger partial charge in [-0.15, -0.1) is 0 Å². The predicted molar refractivity (Wildman–Crippen MR) is 126 cm³/mol. The number of piperazine rings is 1. The number of pyridine rings is 1. The van der Waals surface area contributed by atoms with Gasteiger partial charge < -0.3 is 30.6 Å². The number of anilines is 1. The molecule has 198 valence electrons. The summed E-state index contributed by atoms with van der Waals surface area (Å²) in [5, 5.41) is 32.9. The first kappa shape index (κ1) is 28.7. The number of carboxylic acids is 4. The van der Waals surface area contributed by atoms with Crippen molar-refractivity contribution in [2.75, 3.05) is 45.1 Å². The van der Waals surface area contributed by atoms with Crippen molar-refractivity contribution in [2.45, 2.75) is 44.9 Å². The Morgan fingerprint density at radius 1 is 0.722 bits per heavy atom. The van der Waals surface area contributed by atoms with Crippen LogP contribution in [-0.2, 0) is 49.7 Å². The van der Waals surface area contributed by atoms with E-state index in [-0.39, 0.29) is 5.91 Å². The molecule has 36 heavy (non-hydrogen) atoms. The number of fused-ring (bicyclic) bond motifs is 2. The lowest BCUT2D eigenvalue weighted by Crippen LogP contribution is -2.47. The van der Waals surface area contributed by atoms with Gasteiger partial charge in [-0.05, 0) is 63.1 Å². The van der Waals surface area contributed by atoms with Gasteiger partial charge in [-0.2, -0.15) is 0 Å². The molecule has 4 rings (SSSR count). The molecule has 0 aromatic carbocycles. The molecule has 0 spiro atoms. The smallest absolute Gasteiger partial charge is 0.414 e. The maximum Gasteiger partial charge on any atom is 0.414 e. The molecular weight excluding hydrogens is 476 g/mol. The molecule has 0 atom stereocenters. The third-order valence-corrected chi connectivity index (χ3v) is 6.09. The number of amides is 1. The fourth-order valence-corrected chi connectivity index (χ4v) is 4.29. The Bertz CT molecular complexity index is 956. The molecule has 1 aromatic heterocycles. The third-order valence-electron chi connectivity index (χ3n) is 6.09. The summed E-state index contributed by atoms with van der Waals surface area (Å²) < 4.78 is 0. The van der Waals surface area contributed by atoms with E-state index >= 15 is 0 Å². The number of carboxylic acid groups (broad SMARTS) is 4. The largest absolute Gasteiger partial charge is 0.473 e. The van der Waals surface area contributed by atoms with Crippen molar-refractivity contribution in [1.82, 2.24) is 14.8 Å². The minimum absolute atomic E-state index is 0.146. The molecule has 1 aliphatic heterocycles. The number of nitrogens with one attached hydrogen (secondary N) is 1. The Hall–Kier alpha value is -3.58. The minimum Gasteiger partial charge on any atom is -0.473 e. The van der Waals surface area contributed by atoms with Crippen LogP contribution in [0.3, 0.4) is 0 Å². The second kappa shape index (κ2) is 13.5. The van der Waals surface area contributed by atoms with Crippen LogP contribution in [-0.4, -0.2) is 105 Å². The van der Waals surface area contributed by atoms with Crippen molar-refractivity contribution in [3.63, 3.8) is 0 Å². The first-order chi connectivity index (χ1) is 17.0. The number of hydrogen-bond acceptors (Lipinski definition) is 8. The van der Waals surface area contributed by atoms with Gasteiger partial charge in [0.1, 0.15) is 0 Å². The van der Waals surface area contributed by atoms with Crippen LogP contribution < -0.4 is 5.32 Å². The van der Waals surface area contributed by atoms with Crippen LogP contribution >= 0.6 is 0 Å². The van der Waals surface area contributed by atoms with E-state index < -0.39 is 23.9 Å². The molecule has 1 aromatic rings. The van der Waals surface area contributed by atoms with E-state index in [4.69, 9.17) is 44.6 Å². The number of carbonyl (C=O) groups excluding carboxylic acids is 1. The second-order valence-corrected chi connectivity index (χ2v) is 8.75. The Morgan fingerprint density at radius 3 is 1.67 bits per heavy atom. The number of aromatic nitrogens is 1. The summed E-state index contributed by atoms with van der Waals surface area (Å²) in [6.45, 7) is 4.58. The highest BCUT2D eigenvalue weighted by molar-refractivity contribution is 6.27. The maximum atomic E-state index is 12.7. The van der Waals surface area contributed by atoms with Crippen LogP contribution in [0.15, 0.2) is 0 Å². The lowest BCUT2D eigenvalue weighted by atomic mass is 9.92. The predicted octanol–water partition coefficient (Wildman–Crippen LogP) is -0.0538. The monoisotopic (exact) mass is 508 g/mol. The fourth-order valence-electron chi connectivity index (χ4n) is 4.29. The summed E-state index contributed by atoms with van der Waals surface area (Å²) in [6.07, 6.45) is 7.90. The average Bonchev–Trinajstić information content (AvgIpc) is 3.29. The molecule has 0 bridgehead atoms. The molecule has 1 fully saturated rings. The van der Waals surface area contributed by atoms with Gasteiger partial charge in [0.2, 0.25) is 5.91 Å². The summed E-state index contributed by atoms with van der Waals surface area (Å²) >= 11 is 0. The van der Waals surface area contributed by atoms with Crippen molar-refractivity contribution in [3.05, 3.63) is 22.5 Å². The summed E-state index contributed by atoms with van der Waals surface area (Å²) in [6, 6.07) is 0. The van der Waals surface area contributed by atoms with Gasteiger partial charge in [-0.25, -0.2) is 19.2 Å². The van der Waals surface area contributed by atoms with Crippen LogP contribution in [0.4, 0.5) is 5.69 Å². The highest BCUT2D eigenvalue weighted by atomic mass is 16.4.